The monoisotopic (exact) mass is 279 g/mol. The lowest BCUT2D eigenvalue weighted by Gasteiger charge is -2.31. The molecule has 1 atom stereocenters. The Labute approximate surface area is 124 Å². The molecule has 0 bridgehead atoms. The summed E-state index contributed by atoms with van der Waals surface area (Å²) in [6.07, 6.45) is 7.12. The van der Waals surface area contributed by atoms with Gasteiger partial charge in [0.1, 0.15) is 0 Å². The first kappa shape index (κ1) is 16.3. The molecule has 1 aliphatic rings. The van der Waals surface area contributed by atoms with Crippen LogP contribution in [0.3, 0.4) is 0 Å². The van der Waals surface area contributed by atoms with Gasteiger partial charge in [-0.05, 0) is 69.0 Å². The van der Waals surface area contributed by atoms with Crippen LogP contribution in [0.15, 0.2) is 24.3 Å². The van der Waals surface area contributed by atoms with Crippen LogP contribution in [0.2, 0.25) is 0 Å². The summed E-state index contributed by atoms with van der Waals surface area (Å²) in [5.41, 5.74) is 6.14. The molecule has 0 aromatic heterocycles. The van der Waals surface area contributed by atoms with Crippen LogP contribution in [0.25, 0.3) is 5.57 Å². The van der Waals surface area contributed by atoms with Crippen LogP contribution in [0.4, 0.5) is 0 Å². The number of halogens is 1. The molecule has 1 aromatic carbocycles. The summed E-state index contributed by atoms with van der Waals surface area (Å²) in [5, 5.41) is 0. The van der Waals surface area contributed by atoms with Gasteiger partial charge in [0.05, 0.1) is 0 Å². The van der Waals surface area contributed by atoms with Crippen molar-refractivity contribution < 1.29 is 0 Å². The number of fused-ring (bicyclic) bond motifs is 1. The summed E-state index contributed by atoms with van der Waals surface area (Å²) in [5.74, 6) is 0. The Morgan fingerprint density at radius 3 is 2.68 bits per heavy atom. The van der Waals surface area contributed by atoms with E-state index in [4.69, 9.17) is 0 Å². The predicted molar refractivity (Wildman–Crippen MR) is 87.1 cm³/mol. The maximum atomic E-state index is 2.38. The topological polar surface area (TPSA) is 3.24 Å². The summed E-state index contributed by atoms with van der Waals surface area (Å²) in [7, 11) is 4.41. The van der Waals surface area contributed by atoms with Crippen molar-refractivity contribution in [2.24, 2.45) is 0 Å². The first-order valence-electron chi connectivity index (χ1n) is 7.10. The Morgan fingerprint density at radius 1 is 1.37 bits per heavy atom. The third-order valence-corrected chi connectivity index (χ3v) is 4.27. The second-order valence-corrected chi connectivity index (χ2v) is 5.47. The van der Waals surface area contributed by atoms with Gasteiger partial charge >= 0.3 is 0 Å². The lowest BCUT2D eigenvalue weighted by atomic mass is 9.82. The van der Waals surface area contributed by atoms with Crippen molar-refractivity contribution in [2.75, 3.05) is 14.1 Å². The molecule has 0 N–H and O–H groups in total. The predicted octanol–water partition coefficient (Wildman–Crippen LogP) is 4.34. The maximum Gasteiger partial charge on any atom is 0.0133 e. The van der Waals surface area contributed by atoms with E-state index < -0.39 is 0 Å². The van der Waals surface area contributed by atoms with Gasteiger partial charge < -0.3 is 4.90 Å². The number of benzene rings is 1. The van der Waals surface area contributed by atoms with Gasteiger partial charge in [-0.3, -0.25) is 0 Å². The molecule has 0 heterocycles. The smallest absolute Gasteiger partial charge is 0.0133 e. The molecule has 0 radical (unpaired) electrons. The van der Waals surface area contributed by atoms with Crippen molar-refractivity contribution in [2.45, 2.75) is 45.6 Å². The fourth-order valence-electron chi connectivity index (χ4n) is 3.06. The van der Waals surface area contributed by atoms with Crippen molar-refractivity contribution in [1.82, 2.24) is 4.90 Å². The molecule has 0 saturated carbocycles. The van der Waals surface area contributed by atoms with Gasteiger partial charge in [0.2, 0.25) is 0 Å². The Kier molecular flexibility index (Phi) is 6.09. The number of rotatable bonds is 3. The fourth-order valence-corrected chi connectivity index (χ4v) is 3.06. The Hall–Kier alpha value is -0.790. The standard InChI is InChI=1S/C17H25N.ClH/c1-5-13(6-2)16-9-7-8-14-10-11-15(18(3)4)12-17(14)16;/h5,7-9,15H,6,10-12H2,1-4H3;1H/t15-;/m1./s1. The summed E-state index contributed by atoms with van der Waals surface area (Å²) in [4.78, 5) is 2.38. The molecule has 106 valence electrons. The molecule has 0 aliphatic heterocycles. The molecule has 0 spiro atoms. The van der Waals surface area contributed by atoms with Crippen LogP contribution < -0.4 is 0 Å². The summed E-state index contributed by atoms with van der Waals surface area (Å²) in [6.45, 7) is 4.41. The minimum absolute atomic E-state index is 0. The third-order valence-electron chi connectivity index (χ3n) is 4.27. The SMILES string of the molecule is CC=C(CC)c1cccc2c1C[C@H](N(C)C)CC2.Cl. The van der Waals surface area contributed by atoms with Crippen molar-refractivity contribution in [3.8, 4) is 0 Å². The highest BCUT2D eigenvalue weighted by Crippen LogP contribution is 2.31. The zero-order valence-corrected chi connectivity index (χ0v) is 13.4. The van der Waals surface area contributed by atoms with E-state index in [1.54, 1.807) is 11.1 Å². The van der Waals surface area contributed by atoms with E-state index in [0.717, 1.165) is 6.42 Å². The first-order chi connectivity index (χ1) is 8.67. The Morgan fingerprint density at radius 2 is 2.11 bits per heavy atom. The van der Waals surface area contributed by atoms with Gasteiger partial charge in [-0.25, -0.2) is 0 Å². The van der Waals surface area contributed by atoms with Crippen LogP contribution in [-0.4, -0.2) is 25.0 Å². The quantitative estimate of drug-likeness (QED) is 0.795. The Balaban J connectivity index is 0.00000180. The van der Waals surface area contributed by atoms with Gasteiger partial charge in [0, 0.05) is 6.04 Å². The van der Waals surface area contributed by atoms with Gasteiger partial charge in [-0.15, -0.1) is 12.4 Å². The first-order valence-corrected chi connectivity index (χ1v) is 7.10. The van der Waals surface area contributed by atoms with Crippen LogP contribution in [0.5, 0.6) is 0 Å². The second kappa shape index (κ2) is 7.12. The minimum Gasteiger partial charge on any atom is -0.306 e. The fraction of sp³-hybridized carbons (Fsp3) is 0.529. The van der Waals surface area contributed by atoms with Crippen molar-refractivity contribution >= 4 is 18.0 Å². The van der Waals surface area contributed by atoms with Gasteiger partial charge in [-0.1, -0.05) is 31.2 Å². The molecular weight excluding hydrogens is 254 g/mol. The molecule has 1 aromatic rings. The zero-order chi connectivity index (χ0) is 13.1. The van der Waals surface area contributed by atoms with Crippen LogP contribution in [-0.2, 0) is 12.8 Å². The molecule has 2 heteroatoms. The average molecular weight is 280 g/mol. The third kappa shape index (κ3) is 3.40. The average Bonchev–Trinajstić information content (AvgIpc) is 2.39. The molecular formula is C17H26ClN. The number of hydrogen-bond acceptors (Lipinski definition) is 1. The molecule has 0 fully saturated rings. The summed E-state index contributed by atoms with van der Waals surface area (Å²) < 4.78 is 0. The lowest BCUT2D eigenvalue weighted by Crippen LogP contribution is -2.33. The molecule has 2 rings (SSSR count). The largest absolute Gasteiger partial charge is 0.306 e. The highest BCUT2D eigenvalue weighted by molar-refractivity contribution is 5.85. The Bertz CT molecular complexity index is 449. The highest BCUT2D eigenvalue weighted by atomic mass is 35.5. The van der Waals surface area contributed by atoms with Gasteiger partial charge in [-0.2, -0.15) is 0 Å². The summed E-state index contributed by atoms with van der Waals surface area (Å²) in [6, 6.07) is 7.54. The normalized spacial score (nSPS) is 19.0. The minimum atomic E-state index is 0. The second-order valence-electron chi connectivity index (χ2n) is 5.47. The number of aryl methyl sites for hydroxylation is 1. The number of likely N-dealkylation sites (N-methyl/N-ethyl adjacent to an activating group) is 1. The molecule has 0 amide bonds. The van der Waals surface area contributed by atoms with Crippen molar-refractivity contribution in [3.05, 3.63) is 41.0 Å². The van der Waals surface area contributed by atoms with E-state index >= 15 is 0 Å². The van der Waals surface area contributed by atoms with E-state index in [1.807, 2.05) is 0 Å². The molecule has 0 saturated heterocycles. The lowest BCUT2D eigenvalue weighted by molar-refractivity contribution is 0.268. The van der Waals surface area contributed by atoms with Gasteiger partial charge in [0.15, 0.2) is 0 Å². The van der Waals surface area contributed by atoms with Crippen molar-refractivity contribution in [3.63, 3.8) is 0 Å². The zero-order valence-electron chi connectivity index (χ0n) is 12.6. The molecule has 1 aliphatic carbocycles. The van der Waals surface area contributed by atoms with E-state index in [0.29, 0.717) is 6.04 Å². The van der Waals surface area contributed by atoms with Crippen LogP contribution in [0, 0.1) is 0 Å². The molecule has 0 unspecified atom stereocenters. The van der Waals surface area contributed by atoms with Gasteiger partial charge in [0.25, 0.3) is 0 Å². The van der Waals surface area contributed by atoms with Crippen molar-refractivity contribution in [1.29, 1.82) is 0 Å². The van der Waals surface area contributed by atoms with E-state index in [2.05, 4.69) is 57.1 Å². The highest BCUT2D eigenvalue weighted by Gasteiger charge is 2.22. The maximum absolute atomic E-state index is 2.38. The number of allylic oxidation sites excluding steroid dienone is 2. The molecule has 1 nitrogen and oxygen atoms in total. The molecule has 19 heavy (non-hydrogen) atoms. The number of nitrogens with zero attached hydrogens (tertiary/aromatic N) is 1. The van der Waals surface area contributed by atoms with E-state index in [9.17, 15) is 0 Å². The van der Waals surface area contributed by atoms with E-state index in [1.165, 1.54) is 30.4 Å². The number of hydrogen-bond donors (Lipinski definition) is 0. The van der Waals surface area contributed by atoms with E-state index in [-0.39, 0.29) is 12.4 Å². The summed E-state index contributed by atoms with van der Waals surface area (Å²) >= 11 is 0. The van der Waals surface area contributed by atoms with Crippen LogP contribution in [0.1, 0.15) is 43.4 Å². The van der Waals surface area contributed by atoms with Crippen LogP contribution >= 0.6 is 12.4 Å².